The first kappa shape index (κ1) is 11.3. The Morgan fingerprint density at radius 2 is 1.86 bits per heavy atom. The van der Waals surface area contributed by atoms with E-state index in [1.54, 1.807) is 0 Å². The van der Waals surface area contributed by atoms with Crippen LogP contribution in [0.4, 0.5) is 0 Å². The predicted octanol–water partition coefficient (Wildman–Crippen LogP) is 3.55. The van der Waals surface area contributed by atoms with E-state index in [-0.39, 0.29) is 0 Å². The number of rotatable bonds is 7. The zero-order chi connectivity index (χ0) is 10.2. The molecule has 0 aliphatic carbocycles. The van der Waals surface area contributed by atoms with Crippen LogP contribution in [0.5, 0.6) is 0 Å². The average Bonchev–Trinajstić information content (AvgIpc) is 2.58. The third-order valence-electron chi connectivity index (χ3n) is 2.65. The van der Waals surface area contributed by atoms with E-state index >= 15 is 0 Å². The van der Waals surface area contributed by atoms with Gasteiger partial charge in [0.05, 0.1) is 0 Å². The minimum atomic E-state index is 1.09. The summed E-state index contributed by atoms with van der Waals surface area (Å²) < 4.78 is 2.10. The van der Waals surface area contributed by atoms with Gasteiger partial charge in [-0.3, -0.25) is 4.68 Å². The van der Waals surface area contributed by atoms with E-state index in [2.05, 4.69) is 29.7 Å². The van der Waals surface area contributed by atoms with Crippen molar-refractivity contribution in [2.24, 2.45) is 0 Å². The Morgan fingerprint density at radius 3 is 2.50 bits per heavy atom. The second kappa shape index (κ2) is 6.63. The summed E-state index contributed by atoms with van der Waals surface area (Å²) in [6, 6.07) is 2.07. The summed E-state index contributed by atoms with van der Waals surface area (Å²) in [5, 5.41) is 4.27. The fourth-order valence-corrected chi connectivity index (χ4v) is 1.67. The molecule has 0 saturated carbocycles. The van der Waals surface area contributed by atoms with Crippen molar-refractivity contribution in [3.63, 3.8) is 0 Å². The van der Waals surface area contributed by atoms with Crippen LogP contribution < -0.4 is 0 Å². The molecule has 0 radical (unpaired) electrons. The van der Waals surface area contributed by atoms with Gasteiger partial charge >= 0.3 is 0 Å². The van der Waals surface area contributed by atoms with Crippen molar-refractivity contribution in [1.82, 2.24) is 9.78 Å². The molecule has 0 unspecified atom stereocenters. The lowest BCUT2D eigenvalue weighted by molar-refractivity contribution is 0.520. The van der Waals surface area contributed by atoms with E-state index < -0.39 is 0 Å². The van der Waals surface area contributed by atoms with Crippen LogP contribution in [0.15, 0.2) is 12.3 Å². The molecule has 1 rings (SSSR count). The smallest absolute Gasteiger partial charge is 0.0492 e. The topological polar surface area (TPSA) is 17.8 Å². The number of nitrogens with zero attached hydrogens (tertiary/aromatic N) is 2. The van der Waals surface area contributed by atoms with Crippen LogP contribution in [0.2, 0.25) is 0 Å². The van der Waals surface area contributed by atoms with Crippen LogP contribution in [-0.2, 0) is 6.54 Å². The number of aromatic nitrogens is 2. The molecule has 14 heavy (non-hydrogen) atoms. The molecule has 2 heteroatoms. The zero-order valence-electron chi connectivity index (χ0n) is 9.50. The number of unbranched alkanes of at least 4 members (excludes halogenated alkanes) is 5. The van der Waals surface area contributed by atoms with E-state index in [9.17, 15) is 0 Å². The molecule has 0 aliphatic heterocycles. The van der Waals surface area contributed by atoms with Gasteiger partial charge in [-0.15, -0.1) is 0 Å². The van der Waals surface area contributed by atoms with E-state index in [0.29, 0.717) is 0 Å². The van der Waals surface area contributed by atoms with Gasteiger partial charge in [-0.1, -0.05) is 39.0 Å². The Hall–Kier alpha value is -0.790. The Balaban J connectivity index is 2.02. The zero-order valence-corrected chi connectivity index (χ0v) is 9.50. The Labute approximate surface area is 87.3 Å². The average molecular weight is 194 g/mol. The molecular formula is C12H22N2. The maximum Gasteiger partial charge on any atom is 0.0492 e. The fourth-order valence-electron chi connectivity index (χ4n) is 1.67. The summed E-state index contributed by atoms with van der Waals surface area (Å²) in [6.45, 7) is 5.46. The highest BCUT2D eigenvalue weighted by molar-refractivity contribution is 4.96. The number of hydrogen-bond acceptors (Lipinski definition) is 1. The van der Waals surface area contributed by atoms with Crippen molar-refractivity contribution in [2.45, 2.75) is 58.9 Å². The van der Waals surface area contributed by atoms with Crippen molar-refractivity contribution in [3.05, 3.63) is 18.0 Å². The summed E-state index contributed by atoms with van der Waals surface area (Å²) in [4.78, 5) is 0. The van der Waals surface area contributed by atoms with Crippen molar-refractivity contribution in [1.29, 1.82) is 0 Å². The highest BCUT2D eigenvalue weighted by Crippen LogP contribution is 2.06. The largest absolute Gasteiger partial charge is 0.270 e. The molecule has 2 nitrogen and oxygen atoms in total. The molecular weight excluding hydrogens is 172 g/mol. The van der Waals surface area contributed by atoms with Crippen LogP contribution in [-0.4, -0.2) is 9.78 Å². The van der Waals surface area contributed by atoms with Crippen molar-refractivity contribution >= 4 is 0 Å². The highest BCUT2D eigenvalue weighted by atomic mass is 15.3. The lowest BCUT2D eigenvalue weighted by atomic mass is 10.1. The minimum Gasteiger partial charge on any atom is -0.270 e. The molecule has 1 aromatic heterocycles. The minimum absolute atomic E-state index is 1.09. The SMILES string of the molecule is CCCCCCCCn1nccc1C. The molecule has 0 aromatic carbocycles. The van der Waals surface area contributed by atoms with Gasteiger partial charge in [0.15, 0.2) is 0 Å². The summed E-state index contributed by atoms with van der Waals surface area (Å²) in [5.41, 5.74) is 1.28. The maximum absolute atomic E-state index is 4.27. The maximum atomic E-state index is 4.27. The Bertz CT molecular complexity index is 240. The number of hydrogen-bond donors (Lipinski definition) is 0. The van der Waals surface area contributed by atoms with Crippen LogP contribution in [0, 0.1) is 6.92 Å². The van der Waals surface area contributed by atoms with Gasteiger partial charge in [0.25, 0.3) is 0 Å². The van der Waals surface area contributed by atoms with E-state index in [1.807, 2.05) is 6.20 Å². The lowest BCUT2D eigenvalue weighted by Crippen LogP contribution is -2.01. The van der Waals surface area contributed by atoms with Crippen LogP contribution in [0.1, 0.15) is 51.1 Å². The lowest BCUT2D eigenvalue weighted by Gasteiger charge is -2.03. The highest BCUT2D eigenvalue weighted by Gasteiger charge is 1.96. The molecule has 1 heterocycles. The molecule has 0 aliphatic rings. The molecule has 0 fully saturated rings. The molecule has 0 atom stereocenters. The molecule has 1 aromatic rings. The number of aryl methyl sites for hydroxylation is 2. The Morgan fingerprint density at radius 1 is 1.14 bits per heavy atom. The molecule has 0 amide bonds. The first-order valence-corrected chi connectivity index (χ1v) is 5.83. The second-order valence-corrected chi connectivity index (χ2v) is 3.96. The van der Waals surface area contributed by atoms with Gasteiger partial charge < -0.3 is 0 Å². The Kier molecular flexibility index (Phi) is 5.35. The molecule has 0 bridgehead atoms. The molecule has 0 spiro atoms. The van der Waals surface area contributed by atoms with E-state index in [4.69, 9.17) is 0 Å². The van der Waals surface area contributed by atoms with Crippen LogP contribution in [0.25, 0.3) is 0 Å². The van der Waals surface area contributed by atoms with Gasteiger partial charge in [0, 0.05) is 18.4 Å². The third-order valence-corrected chi connectivity index (χ3v) is 2.65. The summed E-state index contributed by atoms with van der Waals surface area (Å²) >= 11 is 0. The van der Waals surface area contributed by atoms with Crippen molar-refractivity contribution in [3.8, 4) is 0 Å². The summed E-state index contributed by atoms with van der Waals surface area (Å²) in [5.74, 6) is 0. The van der Waals surface area contributed by atoms with Gasteiger partial charge in [-0.05, 0) is 19.4 Å². The first-order valence-electron chi connectivity index (χ1n) is 5.83. The fraction of sp³-hybridized carbons (Fsp3) is 0.750. The van der Waals surface area contributed by atoms with E-state index in [1.165, 1.54) is 44.2 Å². The van der Waals surface area contributed by atoms with E-state index in [0.717, 1.165) is 6.54 Å². The first-order chi connectivity index (χ1) is 6.84. The van der Waals surface area contributed by atoms with Crippen molar-refractivity contribution < 1.29 is 0 Å². The molecule has 80 valence electrons. The van der Waals surface area contributed by atoms with Gasteiger partial charge in [0.2, 0.25) is 0 Å². The van der Waals surface area contributed by atoms with Crippen LogP contribution in [0.3, 0.4) is 0 Å². The predicted molar refractivity (Wildman–Crippen MR) is 60.3 cm³/mol. The van der Waals surface area contributed by atoms with Gasteiger partial charge in [-0.25, -0.2) is 0 Å². The van der Waals surface area contributed by atoms with Crippen molar-refractivity contribution in [2.75, 3.05) is 0 Å². The van der Waals surface area contributed by atoms with Gasteiger partial charge in [0.1, 0.15) is 0 Å². The van der Waals surface area contributed by atoms with Gasteiger partial charge in [-0.2, -0.15) is 5.10 Å². The second-order valence-electron chi connectivity index (χ2n) is 3.96. The standard InChI is InChI=1S/C12H22N2/c1-3-4-5-6-7-8-11-14-12(2)9-10-13-14/h9-10H,3-8,11H2,1-2H3. The quantitative estimate of drug-likeness (QED) is 0.607. The third kappa shape index (κ3) is 3.95. The molecule has 0 N–H and O–H groups in total. The van der Waals surface area contributed by atoms with Crippen LogP contribution >= 0.6 is 0 Å². The summed E-state index contributed by atoms with van der Waals surface area (Å²) in [6.07, 6.45) is 10.00. The molecule has 0 saturated heterocycles. The monoisotopic (exact) mass is 194 g/mol. The normalized spacial score (nSPS) is 10.7. The summed E-state index contributed by atoms with van der Waals surface area (Å²) in [7, 11) is 0.